The molecule has 0 aliphatic carbocycles. The molecule has 108 valence electrons. The Bertz CT molecular complexity index is 802. The number of aryl methyl sites for hydroxylation is 3. The fraction of sp³-hybridized carbons (Fsp3) is 0.294. The number of rotatable bonds is 3. The summed E-state index contributed by atoms with van der Waals surface area (Å²) in [5, 5.41) is 3.20. The number of aromatic nitrogens is 3. The van der Waals surface area contributed by atoms with Gasteiger partial charge in [0.2, 0.25) is 0 Å². The molecule has 0 unspecified atom stereocenters. The Morgan fingerprint density at radius 1 is 1.05 bits per heavy atom. The first-order chi connectivity index (χ1) is 10.1. The molecule has 1 N–H and O–H groups in total. The summed E-state index contributed by atoms with van der Waals surface area (Å²) in [7, 11) is 1.95. The van der Waals surface area contributed by atoms with E-state index in [1.54, 1.807) is 0 Å². The van der Waals surface area contributed by atoms with Gasteiger partial charge < -0.3 is 5.32 Å². The maximum Gasteiger partial charge on any atom is 0.100 e. The van der Waals surface area contributed by atoms with Gasteiger partial charge in [-0.05, 0) is 57.1 Å². The highest BCUT2D eigenvalue weighted by Crippen LogP contribution is 2.24. The lowest BCUT2D eigenvalue weighted by atomic mass is 10.1. The summed E-state index contributed by atoms with van der Waals surface area (Å²) in [6.07, 6.45) is 3.84. The standard InChI is InChI=1S/C17H20N4/c1-11-5-15-17(6-12(11)2)21(10-20-15)16-7-13(3)19-9-14(16)8-18-4/h5-7,9-10,18H,8H2,1-4H3. The molecule has 0 saturated carbocycles. The number of nitrogens with one attached hydrogen (secondary N) is 1. The molecule has 0 fully saturated rings. The third kappa shape index (κ3) is 2.43. The van der Waals surface area contributed by atoms with E-state index < -0.39 is 0 Å². The third-order valence-corrected chi connectivity index (χ3v) is 3.89. The molecule has 4 nitrogen and oxygen atoms in total. The topological polar surface area (TPSA) is 42.7 Å². The van der Waals surface area contributed by atoms with E-state index in [0.717, 1.165) is 29.0 Å². The van der Waals surface area contributed by atoms with Crippen molar-refractivity contribution in [2.75, 3.05) is 7.05 Å². The van der Waals surface area contributed by atoms with Crippen LogP contribution in [0.4, 0.5) is 0 Å². The highest BCUT2D eigenvalue weighted by molar-refractivity contribution is 5.79. The maximum absolute atomic E-state index is 4.55. The van der Waals surface area contributed by atoms with Gasteiger partial charge in [0.05, 0.1) is 16.7 Å². The van der Waals surface area contributed by atoms with E-state index in [2.05, 4.69) is 51.9 Å². The third-order valence-electron chi connectivity index (χ3n) is 3.89. The molecular weight excluding hydrogens is 260 g/mol. The van der Waals surface area contributed by atoms with Gasteiger partial charge in [0.1, 0.15) is 6.33 Å². The van der Waals surface area contributed by atoms with Crippen molar-refractivity contribution in [1.29, 1.82) is 0 Å². The summed E-state index contributed by atoms with van der Waals surface area (Å²) >= 11 is 0. The molecule has 21 heavy (non-hydrogen) atoms. The molecule has 0 saturated heterocycles. The zero-order valence-corrected chi connectivity index (χ0v) is 12.9. The van der Waals surface area contributed by atoms with Crippen molar-refractivity contribution in [3.63, 3.8) is 0 Å². The fourth-order valence-corrected chi connectivity index (χ4v) is 2.58. The van der Waals surface area contributed by atoms with Crippen molar-refractivity contribution in [2.45, 2.75) is 27.3 Å². The molecule has 0 amide bonds. The minimum absolute atomic E-state index is 0.785. The summed E-state index contributed by atoms with van der Waals surface area (Å²) < 4.78 is 2.16. The first-order valence-electron chi connectivity index (χ1n) is 7.15. The molecule has 0 atom stereocenters. The van der Waals surface area contributed by atoms with Crippen molar-refractivity contribution >= 4 is 11.0 Å². The van der Waals surface area contributed by atoms with E-state index in [0.29, 0.717) is 0 Å². The predicted molar refractivity (Wildman–Crippen MR) is 85.8 cm³/mol. The molecule has 4 heteroatoms. The molecule has 0 radical (unpaired) electrons. The molecule has 3 rings (SSSR count). The minimum Gasteiger partial charge on any atom is -0.316 e. The van der Waals surface area contributed by atoms with Crippen molar-refractivity contribution < 1.29 is 0 Å². The number of imidazole rings is 1. The number of fused-ring (bicyclic) bond motifs is 1. The van der Waals surface area contributed by atoms with E-state index in [1.165, 1.54) is 16.7 Å². The van der Waals surface area contributed by atoms with E-state index in [1.807, 2.05) is 26.5 Å². The second kappa shape index (κ2) is 5.30. The van der Waals surface area contributed by atoms with Crippen LogP contribution in [0.25, 0.3) is 16.7 Å². The van der Waals surface area contributed by atoms with Crippen LogP contribution in [0.15, 0.2) is 30.7 Å². The van der Waals surface area contributed by atoms with E-state index in [4.69, 9.17) is 0 Å². The van der Waals surface area contributed by atoms with Crippen LogP contribution in [-0.2, 0) is 6.54 Å². The van der Waals surface area contributed by atoms with Gasteiger partial charge in [-0.25, -0.2) is 4.98 Å². The van der Waals surface area contributed by atoms with Crippen LogP contribution < -0.4 is 5.32 Å². The largest absolute Gasteiger partial charge is 0.316 e. The molecular formula is C17H20N4. The lowest BCUT2D eigenvalue weighted by Gasteiger charge is -2.12. The number of hydrogen-bond acceptors (Lipinski definition) is 3. The Morgan fingerprint density at radius 3 is 2.57 bits per heavy atom. The lowest BCUT2D eigenvalue weighted by molar-refractivity contribution is 0.802. The molecule has 0 aliphatic rings. The summed E-state index contributed by atoms with van der Waals surface area (Å²) in [4.78, 5) is 8.96. The van der Waals surface area contributed by atoms with Crippen LogP contribution in [-0.4, -0.2) is 21.6 Å². The second-order valence-corrected chi connectivity index (χ2v) is 5.52. The van der Waals surface area contributed by atoms with Crippen LogP contribution in [0.2, 0.25) is 0 Å². The maximum atomic E-state index is 4.55. The van der Waals surface area contributed by atoms with Gasteiger partial charge in [-0.2, -0.15) is 0 Å². The van der Waals surface area contributed by atoms with Gasteiger partial charge >= 0.3 is 0 Å². The van der Waals surface area contributed by atoms with Crippen molar-refractivity contribution in [1.82, 2.24) is 19.9 Å². The van der Waals surface area contributed by atoms with Crippen LogP contribution in [0.3, 0.4) is 0 Å². The molecule has 2 heterocycles. The Hall–Kier alpha value is -2.20. The number of nitrogens with zero attached hydrogens (tertiary/aromatic N) is 3. The SMILES string of the molecule is CNCc1cnc(C)cc1-n1cnc2cc(C)c(C)cc21. The fourth-order valence-electron chi connectivity index (χ4n) is 2.58. The Morgan fingerprint density at radius 2 is 1.81 bits per heavy atom. The van der Waals surface area contributed by atoms with Crippen molar-refractivity contribution in [3.05, 3.63) is 53.1 Å². The van der Waals surface area contributed by atoms with Gasteiger partial charge in [0.15, 0.2) is 0 Å². The lowest BCUT2D eigenvalue weighted by Crippen LogP contribution is -2.10. The Labute approximate surface area is 124 Å². The normalized spacial score (nSPS) is 11.2. The summed E-state index contributed by atoms with van der Waals surface area (Å²) in [5.41, 5.74) is 8.04. The van der Waals surface area contributed by atoms with Crippen molar-refractivity contribution in [3.8, 4) is 5.69 Å². The van der Waals surface area contributed by atoms with Gasteiger partial charge in [0, 0.05) is 24.0 Å². The molecule has 1 aromatic carbocycles. The van der Waals surface area contributed by atoms with E-state index in [-0.39, 0.29) is 0 Å². The van der Waals surface area contributed by atoms with Crippen LogP contribution in [0.1, 0.15) is 22.4 Å². The molecule has 0 spiro atoms. The first-order valence-corrected chi connectivity index (χ1v) is 7.15. The summed E-state index contributed by atoms with van der Waals surface area (Å²) in [6.45, 7) is 7.06. The predicted octanol–water partition coefficient (Wildman–Crippen LogP) is 3.07. The number of hydrogen-bond donors (Lipinski definition) is 1. The molecule has 2 aromatic heterocycles. The Kier molecular flexibility index (Phi) is 3.47. The average Bonchev–Trinajstić information content (AvgIpc) is 2.84. The van der Waals surface area contributed by atoms with E-state index in [9.17, 15) is 0 Å². The minimum atomic E-state index is 0.785. The quantitative estimate of drug-likeness (QED) is 0.802. The van der Waals surface area contributed by atoms with Gasteiger partial charge in [-0.1, -0.05) is 0 Å². The molecule has 0 aliphatic heterocycles. The first kappa shape index (κ1) is 13.8. The van der Waals surface area contributed by atoms with Gasteiger partial charge in [-0.15, -0.1) is 0 Å². The van der Waals surface area contributed by atoms with Crippen molar-refractivity contribution in [2.24, 2.45) is 0 Å². The smallest absolute Gasteiger partial charge is 0.100 e. The number of pyridine rings is 1. The zero-order valence-electron chi connectivity index (χ0n) is 12.9. The van der Waals surface area contributed by atoms with E-state index >= 15 is 0 Å². The average molecular weight is 280 g/mol. The van der Waals surface area contributed by atoms with Crippen LogP contribution >= 0.6 is 0 Å². The zero-order chi connectivity index (χ0) is 15.0. The summed E-state index contributed by atoms with van der Waals surface area (Å²) in [5.74, 6) is 0. The molecule has 0 bridgehead atoms. The van der Waals surface area contributed by atoms with Gasteiger partial charge in [-0.3, -0.25) is 9.55 Å². The Balaban J connectivity index is 2.25. The van der Waals surface area contributed by atoms with Crippen LogP contribution in [0, 0.1) is 20.8 Å². The van der Waals surface area contributed by atoms with Gasteiger partial charge in [0.25, 0.3) is 0 Å². The molecule has 3 aromatic rings. The highest BCUT2D eigenvalue weighted by atomic mass is 15.1. The highest BCUT2D eigenvalue weighted by Gasteiger charge is 2.10. The summed E-state index contributed by atoms with van der Waals surface area (Å²) in [6, 6.07) is 6.46. The monoisotopic (exact) mass is 280 g/mol. The second-order valence-electron chi connectivity index (χ2n) is 5.52. The van der Waals surface area contributed by atoms with Crippen LogP contribution in [0.5, 0.6) is 0 Å². The number of benzene rings is 1.